The van der Waals surface area contributed by atoms with Gasteiger partial charge in [0.1, 0.15) is 0 Å². The zero-order valence-electron chi connectivity index (χ0n) is 7.86. The van der Waals surface area contributed by atoms with Crippen LogP contribution in [0.4, 0.5) is 0 Å². The summed E-state index contributed by atoms with van der Waals surface area (Å²) in [5.74, 6) is -0.785. The summed E-state index contributed by atoms with van der Waals surface area (Å²) in [6, 6.07) is 2.00. The lowest BCUT2D eigenvalue weighted by Crippen LogP contribution is -2.29. The number of nitrogens with zero attached hydrogens (tertiary/aromatic N) is 1. The third-order valence-electron chi connectivity index (χ3n) is 2.12. The topological polar surface area (TPSA) is 87.1 Å². The average Bonchev–Trinajstić information content (AvgIpc) is 2.06. The SMILES string of the molecule is CC#N.N[C@H]1CC[C@@H](C(=O)O)CC1. The Bertz CT molecular complexity index is 190. The Morgan fingerprint density at radius 1 is 1.46 bits per heavy atom. The lowest BCUT2D eigenvalue weighted by molar-refractivity contribution is -0.142. The van der Waals surface area contributed by atoms with Crippen LogP contribution in [-0.4, -0.2) is 17.1 Å². The molecule has 1 aliphatic rings. The van der Waals surface area contributed by atoms with Crippen LogP contribution in [0.15, 0.2) is 0 Å². The molecule has 0 spiro atoms. The van der Waals surface area contributed by atoms with Crippen LogP contribution in [0.25, 0.3) is 0 Å². The van der Waals surface area contributed by atoms with E-state index in [9.17, 15) is 4.79 Å². The fourth-order valence-corrected chi connectivity index (χ4v) is 1.37. The van der Waals surface area contributed by atoms with Gasteiger partial charge in [0, 0.05) is 13.0 Å². The zero-order chi connectivity index (χ0) is 10.3. The van der Waals surface area contributed by atoms with Crippen LogP contribution in [0.3, 0.4) is 0 Å². The Balaban J connectivity index is 0.000000424. The minimum absolute atomic E-state index is 0.125. The van der Waals surface area contributed by atoms with E-state index in [1.807, 2.05) is 0 Å². The van der Waals surface area contributed by atoms with E-state index < -0.39 is 5.97 Å². The molecule has 0 aromatic rings. The summed E-state index contributed by atoms with van der Waals surface area (Å²) < 4.78 is 0. The molecule has 74 valence electrons. The van der Waals surface area contributed by atoms with Gasteiger partial charge in [0.05, 0.1) is 12.0 Å². The van der Waals surface area contributed by atoms with Crippen molar-refractivity contribution in [1.82, 2.24) is 0 Å². The Morgan fingerprint density at radius 3 is 2.15 bits per heavy atom. The molecule has 0 atom stereocenters. The van der Waals surface area contributed by atoms with Crippen molar-refractivity contribution >= 4 is 5.97 Å². The number of aliphatic carboxylic acids is 1. The molecule has 1 aliphatic carbocycles. The molecule has 1 rings (SSSR count). The molecule has 13 heavy (non-hydrogen) atoms. The number of carboxylic acids is 1. The summed E-state index contributed by atoms with van der Waals surface area (Å²) in [4.78, 5) is 10.4. The summed E-state index contributed by atoms with van der Waals surface area (Å²) in [6.07, 6.45) is 3.26. The number of hydrogen-bond donors (Lipinski definition) is 2. The van der Waals surface area contributed by atoms with Crippen LogP contribution in [0.5, 0.6) is 0 Å². The zero-order valence-corrected chi connectivity index (χ0v) is 7.86. The van der Waals surface area contributed by atoms with Gasteiger partial charge in [0.15, 0.2) is 0 Å². The maximum Gasteiger partial charge on any atom is 0.306 e. The predicted octanol–water partition coefficient (Wildman–Crippen LogP) is 1.12. The summed E-state index contributed by atoms with van der Waals surface area (Å²) in [5, 5.41) is 15.9. The van der Waals surface area contributed by atoms with Gasteiger partial charge in [-0.2, -0.15) is 5.26 Å². The standard InChI is InChI=1S/C7H13NO2.C2H3N/c8-6-3-1-5(2-4-6)7(9)10;1-2-3/h5-6H,1-4,8H2,(H,9,10);1H3/t5-,6+;. The van der Waals surface area contributed by atoms with Crippen LogP contribution in [0, 0.1) is 17.2 Å². The number of carboxylic acid groups (broad SMARTS) is 1. The van der Waals surface area contributed by atoms with Gasteiger partial charge in [0.25, 0.3) is 0 Å². The Kier molecular flexibility index (Phi) is 5.90. The summed E-state index contributed by atoms with van der Waals surface area (Å²) >= 11 is 0. The molecular formula is C9H16N2O2. The molecule has 0 bridgehead atoms. The normalized spacial score (nSPS) is 26.5. The van der Waals surface area contributed by atoms with E-state index >= 15 is 0 Å². The van der Waals surface area contributed by atoms with Gasteiger partial charge < -0.3 is 10.8 Å². The van der Waals surface area contributed by atoms with Crippen molar-refractivity contribution < 1.29 is 9.90 Å². The molecule has 0 unspecified atom stereocenters. The van der Waals surface area contributed by atoms with E-state index in [0.29, 0.717) is 0 Å². The fourth-order valence-electron chi connectivity index (χ4n) is 1.37. The van der Waals surface area contributed by atoms with Crippen molar-refractivity contribution in [3.05, 3.63) is 0 Å². The maximum atomic E-state index is 10.4. The largest absolute Gasteiger partial charge is 0.481 e. The molecule has 0 radical (unpaired) electrons. The summed E-state index contributed by atoms with van der Waals surface area (Å²) in [5.41, 5.74) is 5.60. The van der Waals surface area contributed by atoms with Gasteiger partial charge in [-0.25, -0.2) is 0 Å². The summed E-state index contributed by atoms with van der Waals surface area (Å²) in [7, 11) is 0. The Morgan fingerprint density at radius 2 is 1.85 bits per heavy atom. The predicted molar refractivity (Wildman–Crippen MR) is 48.9 cm³/mol. The molecule has 0 aliphatic heterocycles. The Hall–Kier alpha value is -1.08. The van der Waals surface area contributed by atoms with Gasteiger partial charge >= 0.3 is 5.97 Å². The highest BCUT2D eigenvalue weighted by molar-refractivity contribution is 5.70. The lowest BCUT2D eigenvalue weighted by atomic mass is 9.87. The number of hydrogen-bond acceptors (Lipinski definition) is 3. The third-order valence-corrected chi connectivity index (χ3v) is 2.12. The van der Waals surface area contributed by atoms with E-state index in [0.717, 1.165) is 25.7 Å². The van der Waals surface area contributed by atoms with Crippen molar-refractivity contribution in [2.75, 3.05) is 0 Å². The van der Waals surface area contributed by atoms with Crippen molar-refractivity contribution in [1.29, 1.82) is 5.26 Å². The van der Waals surface area contributed by atoms with Crippen molar-refractivity contribution in [2.24, 2.45) is 11.7 Å². The van der Waals surface area contributed by atoms with Crippen molar-refractivity contribution in [3.63, 3.8) is 0 Å². The second kappa shape index (κ2) is 6.44. The Labute approximate surface area is 78.3 Å². The maximum absolute atomic E-state index is 10.4. The molecule has 1 saturated carbocycles. The molecule has 3 N–H and O–H groups in total. The van der Waals surface area contributed by atoms with Gasteiger partial charge in [0.2, 0.25) is 0 Å². The second-order valence-corrected chi connectivity index (χ2v) is 3.17. The van der Waals surface area contributed by atoms with Crippen LogP contribution in [0.2, 0.25) is 0 Å². The quantitative estimate of drug-likeness (QED) is 0.639. The first kappa shape index (κ1) is 11.9. The molecule has 0 amide bonds. The molecule has 0 aromatic carbocycles. The highest BCUT2D eigenvalue weighted by Gasteiger charge is 2.23. The van der Waals surface area contributed by atoms with Crippen LogP contribution < -0.4 is 5.73 Å². The average molecular weight is 184 g/mol. The lowest BCUT2D eigenvalue weighted by Gasteiger charge is -2.22. The monoisotopic (exact) mass is 184 g/mol. The second-order valence-electron chi connectivity index (χ2n) is 3.17. The first-order valence-corrected chi connectivity index (χ1v) is 4.41. The van der Waals surface area contributed by atoms with E-state index in [1.165, 1.54) is 6.92 Å². The first-order valence-electron chi connectivity index (χ1n) is 4.41. The molecular weight excluding hydrogens is 168 g/mol. The van der Waals surface area contributed by atoms with Crippen LogP contribution in [-0.2, 0) is 4.79 Å². The minimum Gasteiger partial charge on any atom is -0.481 e. The van der Waals surface area contributed by atoms with E-state index in [4.69, 9.17) is 16.1 Å². The highest BCUT2D eigenvalue weighted by atomic mass is 16.4. The smallest absolute Gasteiger partial charge is 0.306 e. The highest BCUT2D eigenvalue weighted by Crippen LogP contribution is 2.22. The van der Waals surface area contributed by atoms with E-state index in [2.05, 4.69) is 0 Å². The first-order chi connectivity index (χ1) is 6.11. The number of rotatable bonds is 1. The van der Waals surface area contributed by atoms with Crippen molar-refractivity contribution in [2.45, 2.75) is 38.6 Å². The molecule has 4 heteroatoms. The summed E-state index contributed by atoms with van der Waals surface area (Å²) in [6.45, 7) is 1.43. The molecule has 0 aromatic heterocycles. The van der Waals surface area contributed by atoms with Crippen LogP contribution in [0.1, 0.15) is 32.6 Å². The van der Waals surface area contributed by atoms with Gasteiger partial charge in [-0.3, -0.25) is 4.79 Å². The molecule has 0 heterocycles. The van der Waals surface area contributed by atoms with E-state index in [-0.39, 0.29) is 12.0 Å². The molecule has 4 nitrogen and oxygen atoms in total. The third kappa shape index (κ3) is 5.21. The van der Waals surface area contributed by atoms with Crippen LogP contribution >= 0.6 is 0 Å². The fraction of sp³-hybridized carbons (Fsp3) is 0.778. The number of carbonyl (C=O) groups is 1. The van der Waals surface area contributed by atoms with Gasteiger partial charge in [-0.15, -0.1) is 0 Å². The minimum atomic E-state index is -0.660. The van der Waals surface area contributed by atoms with Crippen molar-refractivity contribution in [3.8, 4) is 6.07 Å². The molecule has 1 fully saturated rings. The van der Waals surface area contributed by atoms with E-state index in [1.54, 1.807) is 6.07 Å². The number of nitriles is 1. The van der Waals surface area contributed by atoms with Gasteiger partial charge in [-0.1, -0.05) is 0 Å². The van der Waals surface area contributed by atoms with Gasteiger partial charge in [-0.05, 0) is 25.7 Å². The number of nitrogens with two attached hydrogens (primary N) is 1. The molecule has 0 saturated heterocycles.